The summed E-state index contributed by atoms with van der Waals surface area (Å²) in [6.45, 7) is 7.89. The van der Waals surface area contributed by atoms with Crippen molar-refractivity contribution < 1.29 is 9.90 Å². The number of hydrogen-bond acceptors (Lipinski definition) is 3. The maximum absolute atomic E-state index is 11.7. The van der Waals surface area contributed by atoms with Crippen molar-refractivity contribution in [1.82, 2.24) is 0 Å². The topological polar surface area (TPSA) is 63.3 Å². The lowest BCUT2D eigenvalue weighted by molar-refractivity contribution is -0.114. The molecule has 0 saturated carbocycles. The number of amides is 1. The van der Waals surface area contributed by atoms with Crippen LogP contribution in [0.2, 0.25) is 0 Å². The molecule has 3 nitrogen and oxygen atoms in total. The van der Waals surface area contributed by atoms with E-state index >= 15 is 0 Å². The second-order valence-corrected chi connectivity index (χ2v) is 6.35. The lowest BCUT2D eigenvalue weighted by atomic mass is 9.70. The third-order valence-corrected chi connectivity index (χ3v) is 3.98. The zero-order chi connectivity index (χ0) is 17.0. The Labute approximate surface area is 139 Å². The Morgan fingerprint density at radius 3 is 2.27 bits per heavy atom. The summed E-state index contributed by atoms with van der Waals surface area (Å²) in [7, 11) is 6.23. The second-order valence-electron chi connectivity index (χ2n) is 5.94. The average molecular weight is 315 g/mol. The van der Waals surface area contributed by atoms with E-state index in [0.717, 1.165) is 11.1 Å². The largest absolute Gasteiger partial charge is 0.511 e. The molecule has 1 rings (SSSR count). The molecule has 22 heavy (non-hydrogen) atoms. The molecule has 0 fully saturated rings. The van der Waals surface area contributed by atoms with Crippen molar-refractivity contribution in [3.8, 4) is 0 Å². The van der Waals surface area contributed by atoms with E-state index in [4.69, 9.17) is 25.8 Å². The van der Waals surface area contributed by atoms with Crippen LogP contribution < -0.4 is 5.73 Å². The van der Waals surface area contributed by atoms with Crippen molar-refractivity contribution >= 4 is 30.8 Å². The fraction of sp³-hybridized carbons (Fsp3) is 0.412. The maximum atomic E-state index is 11.7. The van der Waals surface area contributed by atoms with Crippen molar-refractivity contribution in [3.05, 3.63) is 45.7 Å². The molecule has 2 radical (unpaired) electrons. The van der Waals surface area contributed by atoms with Gasteiger partial charge in [-0.2, -0.15) is 0 Å². The minimum atomic E-state index is -0.716. The predicted octanol–water partition coefficient (Wildman–Crippen LogP) is 3.42. The standard InChI is InChI=1S/C17H22BNO2S/c1-9(2)5-7-11-14(18)12(8-6-10(3)4)16(22)13(15(11)20)17(19)21/h5-6,11,20H,7-8H2,1-4H3,(H2,19,21)/t11-/m1/s1. The Balaban J connectivity index is 3.35. The van der Waals surface area contributed by atoms with E-state index in [2.05, 4.69) is 0 Å². The third-order valence-electron chi connectivity index (χ3n) is 3.53. The highest BCUT2D eigenvalue weighted by atomic mass is 32.1. The number of primary amides is 1. The van der Waals surface area contributed by atoms with Gasteiger partial charge < -0.3 is 10.8 Å². The van der Waals surface area contributed by atoms with Gasteiger partial charge in [-0.1, -0.05) is 35.5 Å². The fourth-order valence-corrected chi connectivity index (χ4v) is 2.68. The zero-order valence-electron chi connectivity index (χ0n) is 13.6. The molecule has 0 aromatic rings. The van der Waals surface area contributed by atoms with Gasteiger partial charge in [-0.25, -0.2) is 0 Å². The van der Waals surface area contributed by atoms with Crippen LogP contribution in [0, 0.1) is 5.92 Å². The van der Waals surface area contributed by atoms with Crippen molar-refractivity contribution in [1.29, 1.82) is 0 Å². The molecule has 5 heteroatoms. The van der Waals surface area contributed by atoms with E-state index in [1.165, 1.54) is 0 Å². The summed E-state index contributed by atoms with van der Waals surface area (Å²) < 4.78 is 0. The molecule has 1 aliphatic carbocycles. The van der Waals surface area contributed by atoms with Gasteiger partial charge in [-0.05, 0) is 46.1 Å². The first-order valence-electron chi connectivity index (χ1n) is 7.19. The number of nitrogens with two attached hydrogens (primary N) is 1. The lowest BCUT2D eigenvalue weighted by Gasteiger charge is -2.28. The van der Waals surface area contributed by atoms with Crippen molar-refractivity contribution in [2.24, 2.45) is 11.7 Å². The minimum Gasteiger partial charge on any atom is -0.511 e. The van der Waals surface area contributed by atoms with Gasteiger partial charge in [0.25, 0.3) is 5.91 Å². The van der Waals surface area contributed by atoms with Crippen LogP contribution in [0.15, 0.2) is 45.7 Å². The van der Waals surface area contributed by atoms with Crippen molar-refractivity contribution in [3.63, 3.8) is 0 Å². The summed E-state index contributed by atoms with van der Waals surface area (Å²) in [5.41, 5.74) is 8.87. The van der Waals surface area contributed by atoms with E-state index < -0.39 is 11.8 Å². The highest BCUT2D eigenvalue weighted by Gasteiger charge is 2.32. The smallest absolute Gasteiger partial charge is 0.253 e. The van der Waals surface area contributed by atoms with Crippen molar-refractivity contribution in [2.75, 3.05) is 0 Å². The van der Waals surface area contributed by atoms with Crippen LogP contribution >= 0.6 is 12.2 Å². The molecular formula is C17H22BNO2S. The number of thiocarbonyl (C=S) groups is 1. The van der Waals surface area contributed by atoms with Gasteiger partial charge in [0.1, 0.15) is 13.6 Å². The molecule has 0 heterocycles. The van der Waals surface area contributed by atoms with Gasteiger partial charge in [0.15, 0.2) is 0 Å². The maximum Gasteiger partial charge on any atom is 0.253 e. The molecule has 1 amide bonds. The minimum absolute atomic E-state index is 0.0218. The van der Waals surface area contributed by atoms with Gasteiger partial charge in [-0.3, -0.25) is 4.79 Å². The first kappa shape index (κ1) is 18.4. The molecule has 3 N–H and O–H groups in total. The fourth-order valence-electron chi connectivity index (χ4n) is 2.28. The predicted molar refractivity (Wildman–Crippen MR) is 95.8 cm³/mol. The van der Waals surface area contributed by atoms with Crippen LogP contribution in [0.25, 0.3) is 0 Å². The summed E-state index contributed by atoms with van der Waals surface area (Å²) in [6, 6.07) is 0. The van der Waals surface area contributed by atoms with Gasteiger partial charge >= 0.3 is 0 Å². The van der Waals surface area contributed by atoms with Crippen LogP contribution in [0.3, 0.4) is 0 Å². The van der Waals surface area contributed by atoms with Crippen LogP contribution in [0.4, 0.5) is 0 Å². The molecule has 0 bridgehead atoms. The Bertz CT molecular complexity index is 619. The molecule has 0 saturated heterocycles. The highest BCUT2D eigenvalue weighted by Crippen LogP contribution is 2.35. The van der Waals surface area contributed by atoms with E-state index in [1.54, 1.807) is 0 Å². The monoisotopic (exact) mass is 315 g/mol. The Kier molecular flexibility index (Phi) is 6.36. The quantitative estimate of drug-likeness (QED) is 0.464. The van der Waals surface area contributed by atoms with Crippen molar-refractivity contribution in [2.45, 2.75) is 40.5 Å². The van der Waals surface area contributed by atoms with Gasteiger partial charge in [0.2, 0.25) is 0 Å². The number of carbonyl (C=O) groups excluding carboxylic acids is 1. The van der Waals surface area contributed by atoms with Crippen LogP contribution in [-0.2, 0) is 4.79 Å². The molecular weight excluding hydrogens is 293 g/mol. The summed E-state index contributed by atoms with van der Waals surface area (Å²) in [6.07, 6.45) is 5.01. The Morgan fingerprint density at radius 1 is 1.27 bits per heavy atom. The highest BCUT2D eigenvalue weighted by molar-refractivity contribution is 7.81. The molecule has 1 aliphatic rings. The summed E-state index contributed by atoms with van der Waals surface area (Å²) in [5, 5.41) is 10.4. The summed E-state index contributed by atoms with van der Waals surface area (Å²) in [4.78, 5) is 11.9. The molecule has 0 aromatic carbocycles. The number of rotatable bonds is 5. The van der Waals surface area contributed by atoms with E-state index in [-0.39, 0.29) is 16.2 Å². The number of hydrogen-bond donors (Lipinski definition) is 2. The van der Waals surface area contributed by atoms with Crippen LogP contribution in [0.1, 0.15) is 40.5 Å². The second kappa shape index (κ2) is 7.59. The SMILES string of the molecule is [B]C1=C(CC=C(C)C)C(=S)C(C(N)=O)=C(O)[C@@H]1CC=C(C)C. The molecule has 0 unspecified atom stereocenters. The number of carbonyl (C=O) groups is 1. The first-order valence-corrected chi connectivity index (χ1v) is 7.60. The van der Waals surface area contributed by atoms with Gasteiger partial charge in [-0.15, -0.1) is 5.47 Å². The van der Waals surface area contributed by atoms with E-state index in [0.29, 0.717) is 23.9 Å². The number of aliphatic hydroxyl groups excluding tert-OH is 1. The Morgan fingerprint density at radius 2 is 1.82 bits per heavy atom. The summed E-state index contributed by atoms with van der Waals surface area (Å²) in [5.74, 6) is -1.29. The lowest BCUT2D eigenvalue weighted by Crippen LogP contribution is -2.30. The first-order chi connectivity index (χ1) is 10.2. The van der Waals surface area contributed by atoms with Crippen LogP contribution in [-0.4, -0.2) is 23.7 Å². The number of allylic oxidation sites excluding steroid dienone is 6. The van der Waals surface area contributed by atoms with Gasteiger partial charge in [0, 0.05) is 5.92 Å². The van der Waals surface area contributed by atoms with Gasteiger partial charge in [0.05, 0.1) is 10.4 Å². The molecule has 0 aromatic heterocycles. The zero-order valence-corrected chi connectivity index (χ0v) is 14.4. The van der Waals surface area contributed by atoms with Crippen LogP contribution in [0.5, 0.6) is 0 Å². The Hall–Kier alpha value is -1.62. The molecule has 0 spiro atoms. The third kappa shape index (κ3) is 4.20. The molecule has 0 aliphatic heterocycles. The summed E-state index contributed by atoms with van der Waals surface area (Å²) >= 11 is 5.32. The van der Waals surface area contributed by atoms with E-state index in [1.807, 2.05) is 39.8 Å². The molecule has 1 atom stereocenters. The van der Waals surface area contributed by atoms with E-state index in [9.17, 15) is 9.90 Å². The normalized spacial score (nSPS) is 18.4. The molecule has 116 valence electrons. The number of aliphatic hydroxyl groups is 1. The average Bonchev–Trinajstić information content (AvgIpc) is 2.36.